The lowest BCUT2D eigenvalue weighted by molar-refractivity contribution is 0.617. The summed E-state index contributed by atoms with van der Waals surface area (Å²) in [5.74, 6) is 0.913. The van der Waals surface area contributed by atoms with Crippen molar-refractivity contribution in [3.63, 3.8) is 0 Å². The predicted molar refractivity (Wildman–Crippen MR) is 60.3 cm³/mol. The molecule has 0 aliphatic rings. The molecule has 0 aliphatic carbocycles. The van der Waals surface area contributed by atoms with Crippen molar-refractivity contribution >= 4 is 34.4 Å². The third kappa shape index (κ3) is 2.36. The summed E-state index contributed by atoms with van der Waals surface area (Å²) in [5, 5.41) is 0. The van der Waals surface area contributed by atoms with Crippen LogP contribution in [0.25, 0.3) is 0 Å². The summed E-state index contributed by atoms with van der Waals surface area (Å²) in [7, 11) is 0. The number of benzene rings is 1. The Hall–Kier alpha value is 0.230. The van der Waals surface area contributed by atoms with Crippen molar-refractivity contribution in [1.82, 2.24) is 0 Å². The van der Waals surface area contributed by atoms with Gasteiger partial charge in [0.2, 0.25) is 0 Å². The largest absolute Gasteiger partial charge is 0.206 e. The van der Waals surface area contributed by atoms with Gasteiger partial charge in [-0.25, -0.2) is 4.39 Å². The highest BCUT2D eigenvalue weighted by atomic mass is 127. The Morgan fingerprint density at radius 2 is 2.17 bits per heavy atom. The molecular formula is C9H10FIS. The van der Waals surface area contributed by atoms with Gasteiger partial charge in [0, 0.05) is 8.47 Å². The van der Waals surface area contributed by atoms with E-state index >= 15 is 0 Å². The van der Waals surface area contributed by atoms with Crippen molar-refractivity contribution in [2.45, 2.75) is 18.7 Å². The van der Waals surface area contributed by atoms with Crippen molar-refractivity contribution in [3.05, 3.63) is 27.1 Å². The zero-order valence-corrected chi connectivity index (χ0v) is 10.00. The monoisotopic (exact) mass is 296 g/mol. The summed E-state index contributed by atoms with van der Waals surface area (Å²) < 4.78 is 13.7. The Balaban J connectivity index is 3.05. The van der Waals surface area contributed by atoms with Crippen LogP contribution in [0.15, 0.2) is 17.0 Å². The number of rotatable bonds is 2. The van der Waals surface area contributed by atoms with Crippen LogP contribution in [-0.2, 0) is 0 Å². The first-order valence-corrected chi connectivity index (χ1v) is 5.80. The number of hydrogen-bond donors (Lipinski definition) is 0. The van der Waals surface area contributed by atoms with E-state index in [-0.39, 0.29) is 5.82 Å². The zero-order chi connectivity index (χ0) is 9.14. The molecule has 0 fully saturated rings. The normalized spacial score (nSPS) is 10.3. The highest BCUT2D eigenvalue weighted by Gasteiger charge is 2.04. The molecule has 0 aliphatic heterocycles. The van der Waals surface area contributed by atoms with Gasteiger partial charge in [0.1, 0.15) is 5.82 Å². The minimum atomic E-state index is -0.117. The van der Waals surface area contributed by atoms with E-state index in [0.717, 1.165) is 11.3 Å². The second-order valence-electron chi connectivity index (χ2n) is 2.46. The van der Waals surface area contributed by atoms with E-state index in [1.807, 2.05) is 35.6 Å². The number of thioether (sulfide) groups is 1. The molecule has 0 radical (unpaired) electrons. The van der Waals surface area contributed by atoms with E-state index in [4.69, 9.17) is 0 Å². The van der Waals surface area contributed by atoms with Crippen LogP contribution in [-0.4, -0.2) is 5.75 Å². The van der Waals surface area contributed by atoms with E-state index in [0.29, 0.717) is 3.57 Å². The number of aryl methyl sites for hydroxylation is 1. The fourth-order valence-corrected chi connectivity index (χ4v) is 2.42. The molecule has 0 aromatic heterocycles. The van der Waals surface area contributed by atoms with Crippen molar-refractivity contribution in [2.24, 2.45) is 0 Å². The molecule has 0 saturated heterocycles. The average Bonchev–Trinajstić information content (AvgIpc) is 2.01. The first-order chi connectivity index (χ1) is 5.65. The summed E-state index contributed by atoms with van der Waals surface area (Å²) >= 11 is 3.77. The molecule has 0 spiro atoms. The smallest absolute Gasteiger partial charge is 0.136 e. The van der Waals surface area contributed by atoms with Crippen LogP contribution >= 0.6 is 34.4 Å². The molecule has 12 heavy (non-hydrogen) atoms. The molecule has 3 heteroatoms. The van der Waals surface area contributed by atoms with Gasteiger partial charge in [-0.1, -0.05) is 6.92 Å². The van der Waals surface area contributed by atoms with Crippen LogP contribution in [0.4, 0.5) is 4.39 Å². The van der Waals surface area contributed by atoms with Crippen molar-refractivity contribution in [1.29, 1.82) is 0 Å². The summed E-state index contributed by atoms with van der Waals surface area (Å²) in [4.78, 5) is 1.18. The fraction of sp³-hybridized carbons (Fsp3) is 0.333. The van der Waals surface area contributed by atoms with E-state index in [2.05, 4.69) is 6.92 Å². The van der Waals surface area contributed by atoms with E-state index in [1.54, 1.807) is 17.8 Å². The topological polar surface area (TPSA) is 0 Å². The van der Waals surface area contributed by atoms with Gasteiger partial charge < -0.3 is 0 Å². The molecule has 0 nitrogen and oxygen atoms in total. The highest BCUT2D eigenvalue weighted by Crippen LogP contribution is 2.25. The first kappa shape index (κ1) is 10.3. The quantitative estimate of drug-likeness (QED) is 0.590. The summed E-state index contributed by atoms with van der Waals surface area (Å²) in [6, 6.07) is 3.50. The van der Waals surface area contributed by atoms with Gasteiger partial charge >= 0.3 is 0 Å². The average molecular weight is 296 g/mol. The highest BCUT2D eigenvalue weighted by molar-refractivity contribution is 14.1. The van der Waals surface area contributed by atoms with Crippen LogP contribution in [0.3, 0.4) is 0 Å². The van der Waals surface area contributed by atoms with Gasteiger partial charge in [-0.2, -0.15) is 0 Å². The Bertz CT molecular complexity index is 286. The van der Waals surface area contributed by atoms with Crippen LogP contribution < -0.4 is 0 Å². The Morgan fingerprint density at radius 3 is 2.75 bits per heavy atom. The molecular weight excluding hydrogens is 286 g/mol. The molecule has 0 saturated carbocycles. The molecule has 0 heterocycles. The molecule has 66 valence electrons. The minimum Gasteiger partial charge on any atom is -0.206 e. The van der Waals surface area contributed by atoms with Crippen LogP contribution in [0.2, 0.25) is 0 Å². The van der Waals surface area contributed by atoms with Crippen molar-refractivity contribution < 1.29 is 4.39 Å². The molecule has 0 unspecified atom stereocenters. The maximum absolute atomic E-state index is 13.0. The van der Waals surface area contributed by atoms with Gasteiger partial charge in [0.15, 0.2) is 0 Å². The zero-order valence-electron chi connectivity index (χ0n) is 7.03. The lowest BCUT2D eigenvalue weighted by Crippen LogP contribution is -1.87. The van der Waals surface area contributed by atoms with Crippen LogP contribution in [0.5, 0.6) is 0 Å². The van der Waals surface area contributed by atoms with Crippen molar-refractivity contribution in [2.75, 3.05) is 5.75 Å². The van der Waals surface area contributed by atoms with Gasteiger partial charge in [-0.05, 0) is 53.0 Å². The second-order valence-corrected chi connectivity index (χ2v) is 4.93. The summed E-state index contributed by atoms with van der Waals surface area (Å²) in [5.41, 5.74) is 1.03. The lowest BCUT2D eigenvalue weighted by Gasteiger charge is -2.04. The van der Waals surface area contributed by atoms with Gasteiger partial charge in [-0.15, -0.1) is 11.8 Å². The summed E-state index contributed by atoms with van der Waals surface area (Å²) in [6.45, 7) is 4.04. The Kier molecular flexibility index (Phi) is 3.83. The van der Waals surface area contributed by atoms with E-state index in [9.17, 15) is 4.39 Å². The second kappa shape index (κ2) is 4.46. The maximum atomic E-state index is 13.0. The first-order valence-electron chi connectivity index (χ1n) is 3.73. The van der Waals surface area contributed by atoms with Gasteiger partial charge in [0.05, 0.1) is 0 Å². The van der Waals surface area contributed by atoms with Crippen molar-refractivity contribution in [3.8, 4) is 0 Å². The Labute approximate surface area is 90.1 Å². The van der Waals surface area contributed by atoms with E-state index in [1.165, 1.54) is 4.90 Å². The standard InChI is InChI=1S/C9H10FIS/c1-3-12-9-5-8(11)7(10)4-6(9)2/h4-5H,3H2,1-2H3. The van der Waals surface area contributed by atoms with Gasteiger partial charge in [-0.3, -0.25) is 0 Å². The molecule has 0 bridgehead atoms. The molecule has 1 aromatic carbocycles. The molecule has 1 rings (SSSR count). The molecule has 1 aromatic rings. The fourth-order valence-electron chi connectivity index (χ4n) is 0.939. The molecule has 0 amide bonds. The third-order valence-corrected chi connectivity index (χ3v) is 3.38. The number of halogens is 2. The predicted octanol–water partition coefficient (Wildman–Crippen LogP) is 3.85. The summed E-state index contributed by atoms with van der Waals surface area (Å²) in [6.07, 6.45) is 0. The minimum absolute atomic E-state index is 0.117. The van der Waals surface area contributed by atoms with Gasteiger partial charge in [0.25, 0.3) is 0 Å². The maximum Gasteiger partial charge on any atom is 0.136 e. The van der Waals surface area contributed by atoms with Crippen LogP contribution in [0.1, 0.15) is 12.5 Å². The molecule has 0 atom stereocenters. The number of hydrogen-bond acceptors (Lipinski definition) is 1. The Morgan fingerprint density at radius 1 is 1.50 bits per heavy atom. The molecule has 0 N–H and O–H groups in total. The lowest BCUT2D eigenvalue weighted by atomic mass is 10.2. The van der Waals surface area contributed by atoms with Crippen LogP contribution in [0, 0.1) is 16.3 Å². The third-order valence-electron chi connectivity index (χ3n) is 1.52. The SMILES string of the molecule is CCSc1cc(I)c(F)cc1C. The van der Waals surface area contributed by atoms with E-state index < -0.39 is 0 Å².